The van der Waals surface area contributed by atoms with Crippen LogP contribution in [0.1, 0.15) is 45.2 Å². The Hall–Kier alpha value is -0.650. The van der Waals surface area contributed by atoms with Crippen LogP contribution in [-0.4, -0.2) is 36.8 Å². The Labute approximate surface area is 131 Å². The molecule has 21 heavy (non-hydrogen) atoms. The van der Waals surface area contributed by atoms with Crippen LogP contribution < -0.4 is 10.2 Å². The predicted molar refractivity (Wildman–Crippen MR) is 88.0 cm³/mol. The van der Waals surface area contributed by atoms with E-state index in [0.717, 1.165) is 26.2 Å². The summed E-state index contributed by atoms with van der Waals surface area (Å²) in [7, 11) is 0. The third-order valence-corrected chi connectivity index (χ3v) is 5.30. The Balaban J connectivity index is 1.61. The van der Waals surface area contributed by atoms with Gasteiger partial charge in [-0.15, -0.1) is 11.3 Å². The number of morpholine rings is 1. The third kappa shape index (κ3) is 3.76. The minimum absolute atomic E-state index is 0.430. The standard InChI is InChI=1S/C16H27N3OS/c1-12(2)9-17-10-13-11-21-16(18-13)19-7-8-20-15-6-4-3-5-14(15)19/h11-12,14-15,17H,3-10H2,1-2H3. The van der Waals surface area contributed by atoms with E-state index in [9.17, 15) is 0 Å². The Morgan fingerprint density at radius 3 is 3.14 bits per heavy atom. The Morgan fingerprint density at radius 1 is 1.43 bits per heavy atom. The number of hydrogen-bond acceptors (Lipinski definition) is 5. The predicted octanol–water partition coefficient (Wildman–Crippen LogP) is 3.04. The fourth-order valence-electron chi connectivity index (χ4n) is 3.33. The maximum Gasteiger partial charge on any atom is 0.185 e. The van der Waals surface area contributed by atoms with Crippen molar-refractivity contribution in [2.75, 3.05) is 24.6 Å². The zero-order valence-electron chi connectivity index (χ0n) is 13.2. The Morgan fingerprint density at radius 2 is 2.29 bits per heavy atom. The molecule has 0 aromatic carbocycles. The molecule has 5 heteroatoms. The van der Waals surface area contributed by atoms with Gasteiger partial charge in [-0.25, -0.2) is 4.98 Å². The highest BCUT2D eigenvalue weighted by molar-refractivity contribution is 7.13. The summed E-state index contributed by atoms with van der Waals surface area (Å²) < 4.78 is 5.95. The van der Waals surface area contributed by atoms with E-state index in [1.54, 1.807) is 11.3 Å². The zero-order chi connectivity index (χ0) is 14.7. The van der Waals surface area contributed by atoms with Crippen molar-refractivity contribution in [2.24, 2.45) is 5.92 Å². The lowest BCUT2D eigenvalue weighted by Gasteiger charge is -2.43. The summed E-state index contributed by atoms with van der Waals surface area (Å²) >= 11 is 1.79. The first-order chi connectivity index (χ1) is 10.2. The molecule has 1 aliphatic carbocycles. The molecule has 118 valence electrons. The van der Waals surface area contributed by atoms with Crippen molar-refractivity contribution in [3.63, 3.8) is 0 Å². The molecular formula is C16H27N3OS. The van der Waals surface area contributed by atoms with E-state index < -0.39 is 0 Å². The molecule has 2 fully saturated rings. The molecule has 0 spiro atoms. The highest BCUT2D eigenvalue weighted by Crippen LogP contribution is 2.33. The first kappa shape index (κ1) is 15.3. The van der Waals surface area contributed by atoms with Crippen molar-refractivity contribution in [1.29, 1.82) is 0 Å². The monoisotopic (exact) mass is 309 g/mol. The van der Waals surface area contributed by atoms with E-state index in [0.29, 0.717) is 18.1 Å². The first-order valence-electron chi connectivity index (χ1n) is 8.27. The molecule has 1 aromatic heterocycles. The van der Waals surface area contributed by atoms with Crippen molar-refractivity contribution in [3.05, 3.63) is 11.1 Å². The molecule has 2 aliphatic rings. The molecule has 0 radical (unpaired) electrons. The maximum atomic E-state index is 5.95. The van der Waals surface area contributed by atoms with Gasteiger partial charge in [0.15, 0.2) is 5.13 Å². The van der Waals surface area contributed by atoms with Gasteiger partial charge in [0, 0.05) is 18.5 Å². The van der Waals surface area contributed by atoms with Gasteiger partial charge in [-0.05, 0) is 25.3 Å². The van der Waals surface area contributed by atoms with Crippen LogP contribution >= 0.6 is 11.3 Å². The van der Waals surface area contributed by atoms with Crippen LogP contribution in [0.25, 0.3) is 0 Å². The van der Waals surface area contributed by atoms with Crippen LogP contribution in [-0.2, 0) is 11.3 Å². The fraction of sp³-hybridized carbons (Fsp3) is 0.812. The largest absolute Gasteiger partial charge is 0.374 e. The molecule has 0 amide bonds. The average molecular weight is 309 g/mol. The molecule has 4 nitrogen and oxygen atoms in total. The Kier molecular flexibility index (Phi) is 5.14. The van der Waals surface area contributed by atoms with Gasteiger partial charge in [0.1, 0.15) is 0 Å². The summed E-state index contributed by atoms with van der Waals surface area (Å²) in [5, 5.41) is 6.87. The number of ether oxygens (including phenoxy) is 1. The second-order valence-corrected chi connectivity index (χ2v) is 7.44. The topological polar surface area (TPSA) is 37.4 Å². The zero-order valence-corrected chi connectivity index (χ0v) is 14.0. The third-order valence-electron chi connectivity index (χ3n) is 4.38. The lowest BCUT2D eigenvalue weighted by atomic mass is 9.90. The molecular weight excluding hydrogens is 282 g/mol. The van der Waals surface area contributed by atoms with Gasteiger partial charge in [-0.2, -0.15) is 0 Å². The van der Waals surface area contributed by atoms with Crippen molar-refractivity contribution < 1.29 is 4.74 Å². The highest BCUT2D eigenvalue weighted by atomic mass is 32.1. The number of fused-ring (bicyclic) bond motifs is 1. The molecule has 1 aliphatic heterocycles. The van der Waals surface area contributed by atoms with E-state index >= 15 is 0 Å². The summed E-state index contributed by atoms with van der Waals surface area (Å²) in [6, 6.07) is 0.551. The summed E-state index contributed by atoms with van der Waals surface area (Å²) in [6.45, 7) is 8.24. The highest BCUT2D eigenvalue weighted by Gasteiger charge is 2.35. The minimum atomic E-state index is 0.430. The minimum Gasteiger partial charge on any atom is -0.374 e. The summed E-state index contributed by atoms with van der Waals surface area (Å²) in [4.78, 5) is 7.35. The van der Waals surface area contributed by atoms with Crippen LogP contribution in [0.15, 0.2) is 5.38 Å². The molecule has 2 heterocycles. The lowest BCUT2D eigenvalue weighted by molar-refractivity contribution is -0.00869. The number of thiazole rings is 1. The van der Waals surface area contributed by atoms with E-state index in [2.05, 4.69) is 29.4 Å². The van der Waals surface area contributed by atoms with Gasteiger partial charge in [-0.3, -0.25) is 0 Å². The number of rotatable bonds is 5. The van der Waals surface area contributed by atoms with E-state index in [4.69, 9.17) is 9.72 Å². The smallest absolute Gasteiger partial charge is 0.185 e. The van der Waals surface area contributed by atoms with Crippen molar-refractivity contribution in [3.8, 4) is 0 Å². The molecule has 1 aromatic rings. The van der Waals surface area contributed by atoms with Gasteiger partial charge in [0.05, 0.1) is 24.4 Å². The molecule has 3 rings (SSSR count). The van der Waals surface area contributed by atoms with E-state index in [1.165, 1.54) is 36.5 Å². The van der Waals surface area contributed by atoms with Crippen LogP contribution in [0.2, 0.25) is 0 Å². The summed E-state index contributed by atoms with van der Waals surface area (Å²) in [5.74, 6) is 0.686. The quantitative estimate of drug-likeness (QED) is 0.907. The maximum absolute atomic E-state index is 5.95. The van der Waals surface area contributed by atoms with Crippen molar-refractivity contribution in [2.45, 2.75) is 58.2 Å². The van der Waals surface area contributed by atoms with Gasteiger partial charge in [0.25, 0.3) is 0 Å². The summed E-state index contributed by atoms with van der Waals surface area (Å²) in [5.41, 5.74) is 1.18. The molecule has 1 saturated heterocycles. The molecule has 1 N–H and O–H groups in total. The Bertz CT molecular complexity index is 446. The molecule has 1 saturated carbocycles. The first-order valence-corrected chi connectivity index (χ1v) is 9.15. The fourth-order valence-corrected chi connectivity index (χ4v) is 4.24. The average Bonchev–Trinajstić information content (AvgIpc) is 2.95. The van der Waals surface area contributed by atoms with Crippen LogP contribution in [0.4, 0.5) is 5.13 Å². The van der Waals surface area contributed by atoms with Gasteiger partial charge in [-0.1, -0.05) is 26.7 Å². The number of hydrogen-bond donors (Lipinski definition) is 1. The SMILES string of the molecule is CC(C)CNCc1csc(N2CCOC3CCCCC32)n1. The number of anilines is 1. The van der Waals surface area contributed by atoms with E-state index in [-0.39, 0.29) is 0 Å². The second-order valence-electron chi connectivity index (χ2n) is 6.60. The van der Waals surface area contributed by atoms with E-state index in [1.807, 2.05) is 0 Å². The second kappa shape index (κ2) is 7.07. The number of nitrogens with one attached hydrogen (secondary N) is 1. The van der Waals surface area contributed by atoms with Gasteiger partial charge < -0.3 is 15.0 Å². The molecule has 2 unspecified atom stereocenters. The van der Waals surface area contributed by atoms with Crippen LogP contribution in [0, 0.1) is 5.92 Å². The van der Waals surface area contributed by atoms with Crippen LogP contribution in [0.3, 0.4) is 0 Å². The van der Waals surface area contributed by atoms with Crippen LogP contribution in [0.5, 0.6) is 0 Å². The van der Waals surface area contributed by atoms with Crippen molar-refractivity contribution >= 4 is 16.5 Å². The normalized spacial score (nSPS) is 26.1. The molecule has 2 atom stereocenters. The van der Waals surface area contributed by atoms with Gasteiger partial charge >= 0.3 is 0 Å². The van der Waals surface area contributed by atoms with Crippen molar-refractivity contribution in [1.82, 2.24) is 10.3 Å². The number of aromatic nitrogens is 1. The molecule has 0 bridgehead atoms. The lowest BCUT2D eigenvalue weighted by Crippen LogP contribution is -2.52. The number of nitrogens with zero attached hydrogens (tertiary/aromatic N) is 2. The van der Waals surface area contributed by atoms with Gasteiger partial charge in [0.2, 0.25) is 0 Å². The summed E-state index contributed by atoms with van der Waals surface area (Å²) in [6.07, 6.45) is 5.55.